The first-order valence-corrected chi connectivity index (χ1v) is 11.7. The zero-order chi connectivity index (χ0) is 21.2. The van der Waals surface area contributed by atoms with Crippen molar-refractivity contribution in [2.75, 3.05) is 64.4 Å². The first-order chi connectivity index (χ1) is 15.2. The second-order valence-corrected chi connectivity index (χ2v) is 9.31. The van der Waals surface area contributed by atoms with Crippen molar-refractivity contribution in [2.24, 2.45) is 5.92 Å². The van der Waals surface area contributed by atoms with E-state index in [0.29, 0.717) is 11.8 Å². The largest absolute Gasteiger partial charge is 0.495 e. The molecule has 3 aliphatic rings. The van der Waals surface area contributed by atoms with E-state index in [1.807, 2.05) is 22.8 Å². The number of likely N-dealkylation sites (tertiary alicyclic amines) is 1. The molecule has 0 aliphatic carbocycles. The van der Waals surface area contributed by atoms with Crippen molar-refractivity contribution < 1.29 is 4.74 Å². The fourth-order valence-corrected chi connectivity index (χ4v) is 5.80. The van der Waals surface area contributed by atoms with Crippen LogP contribution >= 0.6 is 24.8 Å². The summed E-state index contributed by atoms with van der Waals surface area (Å²) in [4.78, 5) is 19.9. The molecular formula is C25H36Cl2N4O2. The Morgan fingerprint density at radius 2 is 1.64 bits per heavy atom. The van der Waals surface area contributed by atoms with Gasteiger partial charge in [-0.2, -0.15) is 0 Å². The van der Waals surface area contributed by atoms with Crippen LogP contribution in [0.3, 0.4) is 0 Å². The van der Waals surface area contributed by atoms with Gasteiger partial charge in [-0.3, -0.25) is 9.69 Å². The molecule has 6 nitrogen and oxygen atoms in total. The van der Waals surface area contributed by atoms with Crippen molar-refractivity contribution in [1.82, 2.24) is 14.4 Å². The molecule has 0 amide bonds. The van der Waals surface area contributed by atoms with Crippen molar-refractivity contribution in [3.63, 3.8) is 0 Å². The number of ether oxygens (including phenoxy) is 1. The Hall–Kier alpha value is -1.73. The van der Waals surface area contributed by atoms with Gasteiger partial charge in [-0.15, -0.1) is 24.8 Å². The standard InChI is InChI=1S/C25H34N4O2.2ClH/c1-31-24-8-3-2-6-23(24)28-14-12-26(13-15-28)10-5-11-27-17-20-16-21(19-27)22-7-4-9-25(30)29(22)18-20;;/h2-4,6-9,20-21H,5,10-19H2,1H3;2*1H/t20-,21+;;/m0../s1. The molecule has 0 radical (unpaired) electrons. The lowest BCUT2D eigenvalue weighted by molar-refractivity contribution is 0.114. The van der Waals surface area contributed by atoms with Crippen LogP contribution in [0.1, 0.15) is 24.5 Å². The van der Waals surface area contributed by atoms with E-state index < -0.39 is 0 Å². The minimum absolute atomic E-state index is 0. The van der Waals surface area contributed by atoms with Gasteiger partial charge in [0.2, 0.25) is 0 Å². The maximum atomic E-state index is 12.2. The number of anilines is 1. The molecule has 2 atom stereocenters. The maximum absolute atomic E-state index is 12.2. The van der Waals surface area contributed by atoms with Crippen molar-refractivity contribution in [3.05, 3.63) is 58.5 Å². The van der Waals surface area contributed by atoms with Crippen molar-refractivity contribution in [1.29, 1.82) is 0 Å². The molecule has 2 aromatic rings. The number of piperazine rings is 1. The van der Waals surface area contributed by atoms with Gasteiger partial charge in [-0.1, -0.05) is 18.2 Å². The monoisotopic (exact) mass is 494 g/mol. The molecule has 0 N–H and O–H groups in total. The predicted molar refractivity (Wildman–Crippen MR) is 139 cm³/mol. The third kappa shape index (κ3) is 5.68. The van der Waals surface area contributed by atoms with E-state index in [4.69, 9.17) is 4.74 Å². The SMILES string of the molecule is COc1ccccc1N1CCN(CCCN2C[C@@H]3C[C@H](C2)c2cccc(=O)n2C3)CC1.Cl.Cl. The number of aromatic nitrogens is 1. The van der Waals surface area contributed by atoms with Crippen LogP contribution < -0.4 is 15.2 Å². The fourth-order valence-electron chi connectivity index (χ4n) is 5.80. The van der Waals surface area contributed by atoms with Crippen LogP contribution in [0, 0.1) is 5.92 Å². The summed E-state index contributed by atoms with van der Waals surface area (Å²) in [5.74, 6) is 2.11. The summed E-state index contributed by atoms with van der Waals surface area (Å²) in [6.45, 7) is 9.80. The first kappa shape index (κ1) is 25.9. The molecule has 0 saturated carbocycles. The second kappa shape index (κ2) is 11.6. The number of nitrogens with zero attached hydrogens (tertiary/aromatic N) is 4. The molecule has 8 heteroatoms. The van der Waals surface area contributed by atoms with Gasteiger partial charge in [-0.05, 0) is 50.0 Å². The predicted octanol–water partition coefficient (Wildman–Crippen LogP) is 3.33. The van der Waals surface area contributed by atoms with Gasteiger partial charge in [-0.25, -0.2) is 0 Å². The van der Waals surface area contributed by atoms with Crippen LogP contribution in [0.15, 0.2) is 47.3 Å². The number of fused-ring (bicyclic) bond motifs is 4. The highest BCUT2D eigenvalue weighted by Gasteiger charge is 2.34. The Labute approximate surface area is 209 Å². The Balaban J connectivity index is 0.00000153. The summed E-state index contributed by atoms with van der Waals surface area (Å²) in [5, 5.41) is 0. The molecule has 0 unspecified atom stereocenters. The van der Waals surface area contributed by atoms with E-state index in [1.165, 1.54) is 30.8 Å². The van der Waals surface area contributed by atoms with Gasteiger partial charge in [0.1, 0.15) is 5.75 Å². The molecule has 3 aliphatic heterocycles. The normalized spacial score (nSPS) is 22.6. The van der Waals surface area contributed by atoms with Crippen molar-refractivity contribution in [3.8, 4) is 5.75 Å². The minimum atomic E-state index is 0. The number of benzene rings is 1. The highest BCUT2D eigenvalue weighted by atomic mass is 35.5. The number of hydrogen-bond donors (Lipinski definition) is 0. The van der Waals surface area contributed by atoms with Gasteiger partial charge >= 0.3 is 0 Å². The quantitative estimate of drug-likeness (QED) is 0.615. The molecule has 4 heterocycles. The summed E-state index contributed by atoms with van der Waals surface area (Å²) in [5.41, 5.74) is 2.64. The summed E-state index contributed by atoms with van der Waals surface area (Å²) >= 11 is 0. The Morgan fingerprint density at radius 1 is 0.879 bits per heavy atom. The zero-order valence-electron chi connectivity index (χ0n) is 19.4. The van der Waals surface area contributed by atoms with Crippen LogP contribution in [-0.4, -0.2) is 73.8 Å². The average molecular weight is 495 g/mol. The first-order valence-electron chi connectivity index (χ1n) is 11.7. The van der Waals surface area contributed by atoms with Crippen LogP contribution in [0.2, 0.25) is 0 Å². The van der Waals surface area contributed by atoms with Gasteiger partial charge < -0.3 is 19.1 Å². The Bertz CT molecular complexity index is 961. The van der Waals surface area contributed by atoms with E-state index in [0.717, 1.165) is 58.1 Å². The summed E-state index contributed by atoms with van der Waals surface area (Å²) in [6.07, 6.45) is 2.46. The lowest BCUT2D eigenvalue weighted by Crippen LogP contribution is -2.49. The molecule has 0 spiro atoms. The topological polar surface area (TPSA) is 41.0 Å². The lowest BCUT2D eigenvalue weighted by atomic mass is 9.83. The van der Waals surface area contributed by atoms with E-state index in [1.54, 1.807) is 13.2 Å². The third-order valence-electron chi connectivity index (χ3n) is 7.30. The highest BCUT2D eigenvalue weighted by Crippen LogP contribution is 2.35. The lowest BCUT2D eigenvalue weighted by Gasteiger charge is -2.43. The molecule has 5 rings (SSSR count). The number of hydrogen-bond acceptors (Lipinski definition) is 5. The number of rotatable bonds is 6. The molecule has 2 saturated heterocycles. The number of piperidine rings is 1. The molecular weight excluding hydrogens is 459 g/mol. The highest BCUT2D eigenvalue weighted by molar-refractivity contribution is 5.85. The smallest absolute Gasteiger partial charge is 0.250 e. The summed E-state index contributed by atoms with van der Waals surface area (Å²) in [6, 6.07) is 14.1. The third-order valence-corrected chi connectivity index (χ3v) is 7.30. The van der Waals surface area contributed by atoms with Gasteiger partial charge in [0.05, 0.1) is 12.8 Å². The van der Waals surface area contributed by atoms with Crippen molar-refractivity contribution in [2.45, 2.75) is 25.3 Å². The molecule has 1 aromatic carbocycles. The minimum Gasteiger partial charge on any atom is -0.495 e. The maximum Gasteiger partial charge on any atom is 0.250 e. The van der Waals surface area contributed by atoms with Crippen LogP contribution in [0.5, 0.6) is 5.75 Å². The summed E-state index contributed by atoms with van der Waals surface area (Å²) in [7, 11) is 1.75. The molecule has 2 fully saturated rings. The van der Waals surface area contributed by atoms with Crippen molar-refractivity contribution >= 4 is 30.5 Å². The number of pyridine rings is 1. The second-order valence-electron chi connectivity index (χ2n) is 9.31. The van der Waals surface area contributed by atoms with Gasteiger partial charge in [0, 0.05) is 63.5 Å². The van der Waals surface area contributed by atoms with Gasteiger partial charge in [0.25, 0.3) is 5.56 Å². The molecule has 2 bridgehead atoms. The average Bonchev–Trinajstić information content (AvgIpc) is 2.80. The fraction of sp³-hybridized carbons (Fsp3) is 0.560. The molecule has 1 aromatic heterocycles. The van der Waals surface area contributed by atoms with E-state index in [9.17, 15) is 4.79 Å². The molecule has 182 valence electrons. The Kier molecular flexibility index (Phi) is 9.10. The van der Waals surface area contributed by atoms with Crippen LogP contribution in [0.4, 0.5) is 5.69 Å². The summed E-state index contributed by atoms with van der Waals surface area (Å²) < 4.78 is 7.56. The van der Waals surface area contributed by atoms with Gasteiger partial charge in [0.15, 0.2) is 0 Å². The van der Waals surface area contributed by atoms with Crippen LogP contribution in [-0.2, 0) is 6.54 Å². The molecule has 33 heavy (non-hydrogen) atoms. The number of halogens is 2. The Morgan fingerprint density at radius 3 is 2.42 bits per heavy atom. The van der Waals surface area contributed by atoms with E-state index in [2.05, 4.69) is 32.9 Å². The zero-order valence-corrected chi connectivity index (χ0v) is 21.0. The van der Waals surface area contributed by atoms with E-state index in [-0.39, 0.29) is 30.4 Å². The number of para-hydroxylation sites is 2. The van der Waals surface area contributed by atoms with E-state index >= 15 is 0 Å². The van der Waals surface area contributed by atoms with Crippen LogP contribution in [0.25, 0.3) is 0 Å². The number of methoxy groups -OCH3 is 1.